The molecule has 2 aromatic rings. The second-order valence-electron chi connectivity index (χ2n) is 10.4. The number of para-hydroxylation sites is 1. The molecule has 4 aliphatic heterocycles. The minimum Gasteiger partial charge on any atom is -0.465 e. The van der Waals surface area contributed by atoms with Gasteiger partial charge >= 0.3 is 5.97 Å². The number of ether oxygens (including phenoxy) is 1. The first-order chi connectivity index (χ1) is 18.5. The number of hydrogen-bond acceptors (Lipinski definition) is 8. The van der Waals surface area contributed by atoms with Crippen LogP contribution in [0.15, 0.2) is 48.6 Å². The topological polar surface area (TPSA) is 118 Å². The zero-order valence-electron chi connectivity index (χ0n) is 21.2. The van der Waals surface area contributed by atoms with E-state index in [2.05, 4.69) is 16.4 Å². The molecule has 1 unspecified atom stereocenters. The number of benzene rings is 1. The molecule has 1 N–H and O–H groups in total. The number of cyclic esters (lactones) is 1. The monoisotopic (exact) mass is 537 g/mol. The molecule has 6 rings (SSSR count). The minimum atomic E-state index is -0.955. The van der Waals surface area contributed by atoms with Crippen LogP contribution in [0.5, 0.6) is 0 Å². The summed E-state index contributed by atoms with van der Waals surface area (Å²) >= 11 is 1.50. The quantitative estimate of drug-likeness (QED) is 0.463. The number of carbonyl (C=O) groups is 3. The van der Waals surface area contributed by atoms with Gasteiger partial charge in [-0.2, -0.15) is 0 Å². The van der Waals surface area contributed by atoms with E-state index in [1.165, 1.54) is 16.7 Å². The Morgan fingerprint density at radius 3 is 2.87 bits per heavy atom. The normalized spacial score (nSPS) is 32.9. The molecule has 10 nitrogen and oxygen atoms in total. The van der Waals surface area contributed by atoms with Gasteiger partial charge in [-0.3, -0.25) is 14.4 Å². The smallest absolute Gasteiger partial charge is 0.311 e. The largest absolute Gasteiger partial charge is 0.465 e. The number of aromatic nitrogens is 3. The third kappa shape index (κ3) is 3.86. The average Bonchev–Trinajstić information content (AvgIpc) is 3.52. The van der Waals surface area contributed by atoms with E-state index in [9.17, 15) is 19.5 Å². The van der Waals surface area contributed by atoms with Crippen LogP contribution in [0.2, 0.25) is 0 Å². The summed E-state index contributed by atoms with van der Waals surface area (Å²) in [6, 6.07) is 6.07. The summed E-state index contributed by atoms with van der Waals surface area (Å²) in [5.41, 5.74) is 1.53. The van der Waals surface area contributed by atoms with Gasteiger partial charge < -0.3 is 19.6 Å². The van der Waals surface area contributed by atoms with Crippen LogP contribution < -0.4 is 0 Å². The first kappa shape index (κ1) is 25.1. The summed E-state index contributed by atoms with van der Waals surface area (Å²) in [7, 11) is 0. The molecule has 38 heavy (non-hydrogen) atoms. The lowest BCUT2D eigenvalue weighted by molar-refractivity contribution is -0.153. The van der Waals surface area contributed by atoms with E-state index in [0.29, 0.717) is 13.2 Å². The Balaban J connectivity index is 1.41. The van der Waals surface area contributed by atoms with Crippen molar-refractivity contribution in [2.45, 2.75) is 54.9 Å². The summed E-state index contributed by atoms with van der Waals surface area (Å²) in [6.07, 6.45) is 10.5. The molecular formula is C27H31N5O5S. The lowest BCUT2D eigenvalue weighted by Crippen LogP contribution is -2.56. The van der Waals surface area contributed by atoms with Crippen LogP contribution in [0.4, 0.5) is 0 Å². The van der Waals surface area contributed by atoms with Crippen molar-refractivity contribution in [1.82, 2.24) is 24.8 Å². The van der Waals surface area contributed by atoms with Crippen LogP contribution in [0, 0.1) is 11.8 Å². The lowest BCUT2D eigenvalue weighted by atomic mass is 9.78. The van der Waals surface area contributed by atoms with Gasteiger partial charge in [-0.15, -0.1) is 16.9 Å². The Morgan fingerprint density at radius 2 is 2.03 bits per heavy atom. The molecule has 0 aliphatic carbocycles. The highest BCUT2D eigenvalue weighted by molar-refractivity contribution is 8.02. The summed E-state index contributed by atoms with van der Waals surface area (Å²) in [4.78, 5) is 45.0. The molecule has 0 saturated carbocycles. The van der Waals surface area contributed by atoms with E-state index in [4.69, 9.17) is 4.74 Å². The van der Waals surface area contributed by atoms with Gasteiger partial charge in [0.15, 0.2) is 0 Å². The van der Waals surface area contributed by atoms with Gasteiger partial charge in [0, 0.05) is 11.8 Å². The number of rotatable bonds is 4. The number of thioether (sulfide) groups is 1. The molecule has 1 aromatic carbocycles. The molecule has 6 atom stereocenters. The van der Waals surface area contributed by atoms with Crippen molar-refractivity contribution in [3.8, 4) is 0 Å². The Labute approximate surface area is 224 Å². The average molecular weight is 538 g/mol. The van der Waals surface area contributed by atoms with Gasteiger partial charge in [-0.05, 0) is 38.3 Å². The maximum absolute atomic E-state index is 14.3. The van der Waals surface area contributed by atoms with Crippen molar-refractivity contribution in [3.05, 3.63) is 48.6 Å². The second kappa shape index (κ2) is 9.85. The molecule has 0 radical (unpaired) electrons. The Bertz CT molecular complexity index is 1330. The molecule has 11 heteroatoms. The van der Waals surface area contributed by atoms with E-state index in [-0.39, 0.29) is 30.3 Å². The third-order valence-corrected chi connectivity index (χ3v) is 9.83. The minimum absolute atomic E-state index is 0.163. The number of aliphatic hydroxyl groups excluding tert-OH is 1. The number of allylic oxidation sites excluding steroid dienone is 1. The predicted molar refractivity (Wildman–Crippen MR) is 141 cm³/mol. The Morgan fingerprint density at radius 1 is 1.18 bits per heavy atom. The number of amides is 2. The van der Waals surface area contributed by atoms with E-state index in [1.54, 1.807) is 16.5 Å². The van der Waals surface area contributed by atoms with Crippen LogP contribution in [0.3, 0.4) is 0 Å². The number of fused-ring (bicyclic) bond motifs is 3. The number of carbonyl (C=O) groups excluding carboxylic acids is 3. The van der Waals surface area contributed by atoms with Crippen LogP contribution in [-0.2, 0) is 25.8 Å². The number of hydrogen-bond donors (Lipinski definition) is 1. The van der Waals surface area contributed by atoms with Crippen molar-refractivity contribution < 1.29 is 24.2 Å². The SMILES string of the molecule is C[C@H](CO)N1C(=O)[C@@H]2[C@H]3C(=O)OCCCC/C=C\[C@H]3S[C@@]23C=CCN(Cn2nnc4ccccc42)C(=O)C13. The predicted octanol–water partition coefficient (Wildman–Crippen LogP) is 1.75. The first-order valence-corrected chi connectivity index (χ1v) is 14.0. The fourth-order valence-corrected chi connectivity index (χ4v) is 8.26. The highest BCUT2D eigenvalue weighted by Crippen LogP contribution is 2.61. The fraction of sp³-hybridized carbons (Fsp3) is 0.519. The number of esters is 1. The highest BCUT2D eigenvalue weighted by Gasteiger charge is 2.71. The van der Waals surface area contributed by atoms with Crippen molar-refractivity contribution >= 4 is 40.6 Å². The Hall–Kier alpha value is -3.18. The van der Waals surface area contributed by atoms with E-state index < -0.39 is 34.6 Å². The van der Waals surface area contributed by atoms with Crippen LogP contribution in [0.1, 0.15) is 26.2 Å². The van der Waals surface area contributed by atoms with Gasteiger partial charge in [0.05, 0.1) is 41.4 Å². The molecule has 1 spiro atoms. The van der Waals surface area contributed by atoms with Gasteiger partial charge in [-0.25, -0.2) is 4.68 Å². The molecule has 5 heterocycles. The first-order valence-electron chi connectivity index (χ1n) is 13.1. The van der Waals surface area contributed by atoms with E-state index in [0.717, 1.165) is 30.3 Å². The van der Waals surface area contributed by atoms with Crippen molar-refractivity contribution in [1.29, 1.82) is 0 Å². The summed E-state index contributed by atoms with van der Waals surface area (Å²) in [5, 5.41) is 18.2. The third-order valence-electron chi connectivity index (χ3n) is 8.09. The number of likely N-dealkylation sites (tertiary alicyclic amines) is 1. The van der Waals surface area contributed by atoms with E-state index in [1.807, 2.05) is 42.5 Å². The maximum Gasteiger partial charge on any atom is 0.311 e. The van der Waals surface area contributed by atoms with E-state index >= 15 is 0 Å². The lowest BCUT2D eigenvalue weighted by Gasteiger charge is -2.37. The standard InChI is InChI=1S/C27H31N5O5S/c1-17(15-33)32-23-25(35)30(16-31-19-10-6-5-9-18(19)28-29-31)13-8-12-27(23)22(24(32)34)21-20(38-27)11-4-2-3-7-14-37-26(21)36/h4-6,8-12,17,20-23,33H,2-3,7,13-16H2,1H3/b11-4-/t17-,20-,21+,22+,23?,27+/m1/s1. The van der Waals surface area contributed by atoms with Gasteiger partial charge in [0.2, 0.25) is 11.8 Å². The van der Waals surface area contributed by atoms with Crippen molar-refractivity contribution in [2.75, 3.05) is 19.8 Å². The zero-order chi connectivity index (χ0) is 26.4. The molecule has 2 fully saturated rings. The molecule has 0 bridgehead atoms. The van der Waals surface area contributed by atoms with Crippen molar-refractivity contribution in [2.24, 2.45) is 11.8 Å². The van der Waals surface area contributed by atoms with Crippen LogP contribution in [-0.4, -0.2) is 89.5 Å². The molecule has 1 aromatic heterocycles. The zero-order valence-corrected chi connectivity index (χ0v) is 22.0. The van der Waals surface area contributed by atoms with Gasteiger partial charge in [-0.1, -0.05) is 41.7 Å². The Kier molecular flexibility index (Phi) is 6.51. The van der Waals surface area contributed by atoms with Gasteiger partial charge in [0.25, 0.3) is 0 Å². The molecule has 2 amide bonds. The highest BCUT2D eigenvalue weighted by atomic mass is 32.2. The molecule has 200 valence electrons. The number of nitrogens with zero attached hydrogens (tertiary/aromatic N) is 5. The molecular weight excluding hydrogens is 506 g/mol. The number of aliphatic hydroxyl groups is 1. The van der Waals surface area contributed by atoms with Crippen molar-refractivity contribution in [3.63, 3.8) is 0 Å². The van der Waals surface area contributed by atoms with Crippen LogP contribution >= 0.6 is 11.8 Å². The molecule has 2 saturated heterocycles. The molecule has 4 aliphatic rings. The second-order valence-corrected chi connectivity index (χ2v) is 11.9. The summed E-state index contributed by atoms with van der Waals surface area (Å²) in [5.74, 6) is -2.38. The van der Waals surface area contributed by atoms with Gasteiger partial charge in [0.1, 0.15) is 18.2 Å². The fourth-order valence-electron chi connectivity index (χ4n) is 6.28. The summed E-state index contributed by atoms with van der Waals surface area (Å²) < 4.78 is 6.36. The van der Waals surface area contributed by atoms with Crippen LogP contribution in [0.25, 0.3) is 11.0 Å². The maximum atomic E-state index is 14.3. The summed E-state index contributed by atoms with van der Waals surface area (Å²) in [6.45, 7) is 2.25.